The van der Waals surface area contributed by atoms with Crippen LogP contribution in [0.1, 0.15) is 32.7 Å². The lowest BCUT2D eigenvalue weighted by Gasteiger charge is -2.16. The van der Waals surface area contributed by atoms with E-state index in [4.69, 9.17) is 15.0 Å². The number of halogens is 1. The Kier molecular flexibility index (Phi) is 4.34. The van der Waals surface area contributed by atoms with Gasteiger partial charge in [-0.05, 0) is 31.0 Å². The van der Waals surface area contributed by atoms with E-state index < -0.39 is 5.82 Å². The third kappa shape index (κ3) is 2.96. The molecule has 1 heterocycles. The minimum absolute atomic E-state index is 0.128. The third-order valence-corrected chi connectivity index (χ3v) is 2.87. The molecule has 0 aliphatic carbocycles. The van der Waals surface area contributed by atoms with Crippen molar-refractivity contribution in [2.24, 2.45) is 5.92 Å². The quantitative estimate of drug-likeness (QED) is 0.851. The fraction of sp³-hybridized carbons (Fsp3) is 0.429. The van der Waals surface area contributed by atoms with Crippen molar-refractivity contribution >= 4 is 5.69 Å². The van der Waals surface area contributed by atoms with Crippen molar-refractivity contribution in [2.45, 2.75) is 26.9 Å². The van der Waals surface area contributed by atoms with Crippen LogP contribution in [-0.4, -0.2) is 16.7 Å². The molecule has 0 radical (unpaired) electrons. The van der Waals surface area contributed by atoms with Gasteiger partial charge in [0.25, 0.3) is 5.89 Å². The van der Waals surface area contributed by atoms with Gasteiger partial charge in [0, 0.05) is 12.3 Å². The van der Waals surface area contributed by atoms with Crippen molar-refractivity contribution < 1.29 is 13.7 Å². The molecule has 0 aliphatic rings. The van der Waals surface area contributed by atoms with Crippen molar-refractivity contribution in [3.05, 3.63) is 29.8 Å². The summed E-state index contributed by atoms with van der Waals surface area (Å²) in [5.41, 5.74) is 6.09. The van der Waals surface area contributed by atoms with E-state index in [2.05, 4.69) is 10.1 Å². The van der Waals surface area contributed by atoms with Crippen molar-refractivity contribution in [3.63, 3.8) is 0 Å². The van der Waals surface area contributed by atoms with E-state index >= 15 is 0 Å². The van der Waals surface area contributed by atoms with Gasteiger partial charge in [-0.25, -0.2) is 4.39 Å². The highest BCUT2D eigenvalue weighted by molar-refractivity contribution is 5.58. The smallest absolute Gasteiger partial charge is 0.260 e. The number of rotatable bonds is 5. The summed E-state index contributed by atoms with van der Waals surface area (Å²) >= 11 is 0. The van der Waals surface area contributed by atoms with E-state index in [9.17, 15) is 4.39 Å². The standard InChI is InChI=1S/C14H18FN3O2/c1-4-19-12(8(2)3)13-17-14(20-18-13)10-6-5-9(16)7-11(10)15/h5-8,12H,4,16H2,1-3H3. The van der Waals surface area contributed by atoms with Crippen LogP contribution in [0.15, 0.2) is 22.7 Å². The first-order chi connectivity index (χ1) is 9.52. The summed E-state index contributed by atoms with van der Waals surface area (Å²) < 4.78 is 24.5. The summed E-state index contributed by atoms with van der Waals surface area (Å²) in [7, 11) is 0. The van der Waals surface area contributed by atoms with Crippen molar-refractivity contribution in [2.75, 3.05) is 12.3 Å². The van der Waals surface area contributed by atoms with Crippen LogP contribution in [0.25, 0.3) is 11.5 Å². The molecule has 6 heteroatoms. The molecule has 0 aliphatic heterocycles. The van der Waals surface area contributed by atoms with Crippen molar-refractivity contribution in [1.29, 1.82) is 0 Å². The molecule has 0 amide bonds. The molecule has 108 valence electrons. The Bertz CT molecular complexity index is 584. The number of benzene rings is 1. The molecule has 1 aromatic heterocycles. The second-order valence-electron chi connectivity index (χ2n) is 4.82. The zero-order valence-electron chi connectivity index (χ0n) is 11.8. The lowest BCUT2D eigenvalue weighted by Crippen LogP contribution is -2.12. The lowest BCUT2D eigenvalue weighted by molar-refractivity contribution is 0.0217. The molecule has 0 spiro atoms. The van der Waals surface area contributed by atoms with Crippen LogP contribution in [0.2, 0.25) is 0 Å². The van der Waals surface area contributed by atoms with Gasteiger partial charge in [0.1, 0.15) is 11.9 Å². The first-order valence-electron chi connectivity index (χ1n) is 6.53. The number of nitrogens with two attached hydrogens (primary N) is 1. The van der Waals surface area contributed by atoms with Crippen LogP contribution in [-0.2, 0) is 4.74 Å². The van der Waals surface area contributed by atoms with E-state index in [0.29, 0.717) is 18.1 Å². The van der Waals surface area contributed by atoms with Crippen LogP contribution in [0.4, 0.5) is 10.1 Å². The van der Waals surface area contributed by atoms with Gasteiger partial charge in [-0.1, -0.05) is 19.0 Å². The van der Waals surface area contributed by atoms with E-state index in [-0.39, 0.29) is 23.5 Å². The normalized spacial score (nSPS) is 12.8. The zero-order valence-corrected chi connectivity index (χ0v) is 11.8. The average molecular weight is 279 g/mol. The average Bonchev–Trinajstić information content (AvgIpc) is 2.84. The van der Waals surface area contributed by atoms with Crippen LogP contribution in [0, 0.1) is 11.7 Å². The summed E-state index contributed by atoms with van der Waals surface area (Å²) in [6.07, 6.45) is -0.269. The zero-order chi connectivity index (χ0) is 14.7. The van der Waals surface area contributed by atoms with Crippen molar-refractivity contribution in [3.8, 4) is 11.5 Å². The highest BCUT2D eigenvalue weighted by Gasteiger charge is 2.23. The third-order valence-electron chi connectivity index (χ3n) is 2.87. The van der Waals surface area contributed by atoms with Gasteiger partial charge in [-0.2, -0.15) is 4.98 Å². The highest BCUT2D eigenvalue weighted by Crippen LogP contribution is 2.27. The Hall–Kier alpha value is -1.95. The maximum Gasteiger partial charge on any atom is 0.260 e. The number of hydrogen-bond acceptors (Lipinski definition) is 5. The monoisotopic (exact) mass is 279 g/mol. The lowest BCUT2D eigenvalue weighted by atomic mass is 10.1. The molecule has 5 nitrogen and oxygen atoms in total. The molecule has 0 fully saturated rings. The van der Waals surface area contributed by atoms with Gasteiger partial charge in [0.05, 0.1) is 5.56 Å². The molecule has 1 atom stereocenters. The first kappa shape index (κ1) is 14.5. The molecule has 1 unspecified atom stereocenters. The highest BCUT2D eigenvalue weighted by atomic mass is 19.1. The van der Waals surface area contributed by atoms with Gasteiger partial charge in [-0.3, -0.25) is 0 Å². The molecule has 2 aromatic rings. The van der Waals surface area contributed by atoms with Gasteiger partial charge in [0.15, 0.2) is 0 Å². The van der Waals surface area contributed by atoms with Crippen molar-refractivity contribution in [1.82, 2.24) is 10.1 Å². The Morgan fingerprint density at radius 2 is 2.15 bits per heavy atom. The number of hydrogen-bond donors (Lipinski definition) is 1. The maximum atomic E-state index is 13.8. The van der Waals surface area contributed by atoms with E-state index in [1.807, 2.05) is 20.8 Å². The second kappa shape index (κ2) is 6.00. The molecular formula is C14H18FN3O2. The Morgan fingerprint density at radius 3 is 2.75 bits per heavy atom. The summed E-state index contributed by atoms with van der Waals surface area (Å²) in [6.45, 7) is 6.44. The number of nitrogen functional groups attached to an aromatic ring is 1. The van der Waals surface area contributed by atoms with Crippen LogP contribution in [0.3, 0.4) is 0 Å². The Morgan fingerprint density at radius 1 is 1.40 bits per heavy atom. The van der Waals surface area contributed by atoms with E-state index in [1.165, 1.54) is 12.1 Å². The minimum atomic E-state index is -0.488. The molecule has 0 bridgehead atoms. The largest absolute Gasteiger partial charge is 0.399 e. The number of anilines is 1. The van der Waals surface area contributed by atoms with Gasteiger partial charge in [0.2, 0.25) is 5.82 Å². The first-order valence-corrected chi connectivity index (χ1v) is 6.53. The summed E-state index contributed by atoms with van der Waals surface area (Å²) in [6, 6.07) is 4.33. The molecule has 2 N–H and O–H groups in total. The molecule has 20 heavy (non-hydrogen) atoms. The minimum Gasteiger partial charge on any atom is -0.399 e. The second-order valence-corrected chi connectivity index (χ2v) is 4.82. The topological polar surface area (TPSA) is 74.2 Å². The Labute approximate surface area is 116 Å². The van der Waals surface area contributed by atoms with Crippen LogP contribution in [0.5, 0.6) is 0 Å². The summed E-state index contributed by atoms with van der Waals surface area (Å²) in [4.78, 5) is 4.23. The van der Waals surface area contributed by atoms with Gasteiger partial charge in [-0.15, -0.1) is 0 Å². The predicted octanol–water partition coefficient (Wildman–Crippen LogP) is 3.19. The van der Waals surface area contributed by atoms with Gasteiger partial charge >= 0.3 is 0 Å². The van der Waals surface area contributed by atoms with Gasteiger partial charge < -0.3 is 15.0 Å². The molecule has 0 saturated heterocycles. The summed E-state index contributed by atoms with van der Waals surface area (Å²) in [5, 5.41) is 3.89. The molecular weight excluding hydrogens is 261 g/mol. The molecule has 2 rings (SSSR count). The van der Waals surface area contributed by atoms with E-state index in [0.717, 1.165) is 0 Å². The number of aromatic nitrogens is 2. The fourth-order valence-electron chi connectivity index (χ4n) is 1.91. The molecule has 1 aromatic carbocycles. The maximum absolute atomic E-state index is 13.8. The van der Waals surface area contributed by atoms with Crippen LogP contribution >= 0.6 is 0 Å². The Balaban J connectivity index is 2.32. The van der Waals surface area contributed by atoms with E-state index in [1.54, 1.807) is 6.07 Å². The van der Waals surface area contributed by atoms with Crippen LogP contribution < -0.4 is 5.73 Å². The number of nitrogens with zero attached hydrogens (tertiary/aromatic N) is 2. The molecule has 0 saturated carbocycles. The summed E-state index contributed by atoms with van der Waals surface area (Å²) in [5.74, 6) is 0.255. The SMILES string of the molecule is CCOC(c1noc(-c2ccc(N)cc2F)n1)C(C)C. The predicted molar refractivity (Wildman–Crippen MR) is 73.3 cm³/mol. The fourth-order valence-corrected chi connectivity index (χ4v) is 1.91. The number of ether oxygens (including phenoxy) is 1.